The number of carboxylic acid groups (broad SMARTS) is 1. The highest BCUT2D eigenvalue weighted by molar-refractivity contribution is 9.11. The first-order chi connectivity index (χ1) is 14.2. The lowest BCUT2D eigenvalue weighted by molar-refractivity contribution is -0.894. The molecule has 0 heterocycles. The molecule has 0 amide bonds. The lowest BCUT2D eigenvalue weighted by Crippen LogP contribution is -3.11. The molecule has 0 aliphatic carbocycles. The van der Waals surface area contributed by atoms with E-state index >= 15 is 0 Å². The predicted octanol–water partition coefficient (Wildman–Crippen LogP) is 2.99. The van der Waals surface area contributed by atoms with Crippen molar-refractivity contribution >= 4 is 49.4 Å². The van der Waals surface area contributed by atoms with Crippen molar-refractivity contribution in [1.29, 1.82) is 0 Å². The molecule has 0 fully saturated rings. The summed E-state index contributed by atoms with van der Waals surface area (Å²) in [7, 11) is 0. The molecule has 3 N–H and O–H groups in total. The van der Waals surface area contributed by atoms with Crippen LogP contribution in [0, 0.1) is 0 Å². The molecule has 0 aliphatic heterocycles. The Labute approximate surface area is 200 Å². The van der Waals surface area contributed by atoms with Crippen molar-refractivity contribution in [3.05, 3.63) is 61.5 Å². The number of aliphatic carboxylic acids is 1. The van der Waals surface area contributed by atoms with Gasteiger partial charge in [-0.3, -0.25) is 0 Å². The highest BCUT2D eigenvalue weighted by Crippen LogP contribution is 2.36. The zero-order valence-corrected chi connectivity index (χ0v) is 21.4. The molecule has 0 aliphatic rings. The molecule has 2 aromatic carbocycles. The smallest absolute Gasteiger partial charge is 0.148 e. The van der Waals surface area contributed by atoms with Crippen LogP contribution in [0.4, 0.5) is 0 Å². The zero-order chi connectivity index (χ0) is 22.7. The number of hydrogen-bond acceptors (Lipinski definition) is 4. The first-order valence-electron chi connectivity index (χ1n) is 9.87. The number of carboxylic acids is 1. The predicted molar refractivity (Wildman–Crippen MR) is 127 cm³/mol. The van der Waals surface area contributed by atoms with Gasteiger partial charge in [-0.1, -0.05) is 29.8 Å². The molecular formula is C22H29Br2ClN2O3. The van der Waals surface area contributed by atoms with E-state index in [1.165, 1.54) is 19.6 Å². The van der Waals surface area contributed by atoms with Gasteiger partial charge in [-0.2, -0.15) is 0 Å². The minimum Gasteiger partial charge on any atom is -0.548 e. The molecule has 0 radical (unpaired) electrons. The van der Waals surface area contributed by atoms with Gasteiger partial charge in [-0.15, -0.1) is 0 Å². The minimum atomic E-state index is -1.28. The van der Waals surface area contributed by atoms with Crippen molar-refractivity contribution in [3.63, 3.8) is 0 Å². The molecule has 1 atom stereocenters. The molecule has 166 valence electrons. The number of benzene rings is 2. The van der Waals surface area contributed by atoms with E-state index in [1.54, 1.807) is 23.1 Å². The molecule has 2 aromatic rings. The van der Waals surface area contributed by atoms with Crippen LogP contribution in [0.3, 0.4) is 0 Å². The number of hydrogen-bond donors (Lipinski definition) is 2. The van der Waals surface area contributed by atoms with Crippen molar-refractivity contribution in [2.75, 3.05) is 19.6 Å². The van der Waals surface area contributed by atoms with Crippen molar-refractivity contribution < 1.29 is 19.5 Å². The second kappa shape index (κ2) is 14.0. The summed E-state index contributed by atoms with van der Waals surface area (Å²) in [5.74, 6) is -0.674. The van der Waals surface area contributed by atoms with Gasteiger partial charge in [0.15, 0.2) is 0 Å². The topological polar surface area (TPSA) is 79.8 Å². The van der Waals surface area contributed by atoms with Crippen LogP contribution in [-0.4, -0.2) is 31.6 Å². The van der Waals surface area contributed by atoms with E-state index in [0.29, 0.717) is 26.3 Å². The number of nitrogens with one attached hydrogen (secondary N) is 1. The third-order valence-electron chi connectivity index (χ3n) is 4.65. The summed E-state index contributed by atoms with van der Waals surface area (Å²) in [4.78, 5) is 12.4. The molecule has 0 spiro atoms. The molecule has 0 bridgehead atoms. The fraction of sp³-hybridized carbons (Fsp3) is 0.409. The quantitative estimate of drug-likeness (QED) is 0.491. The van der Waals surface area contributed by atoms with E-state index in [1.807, 2.05) is 18.2 Å². The van der Waals surface area contributed by atoms with E-state index < -0.39 is 12.0 Å². The van der Waals surface area contributed by atoms with Crippen molar-refractivity contribution in [2.45, 2.75) is 39.8 Å². The third-order valence-corrected chi connectivity index (χ3v) is 6.19. The summed E-state index contributed by atoms with van der Waals surface area (Å²) < 4.78 is 7.19. The van der Waals surface area contributed by atoms with Gasteiger partial charge in [0, 0.05) is 16.6 Å². The van der Waals surface area contributed by atoms with Gasteiger partial charge in [0.2, 0.25) is 0 Å². The van der Waals surface area contributed by atoms with Gasteiger partial charge in [-0.25, -0.2) is 0 Å². The SMILES string of the molecule is CC[NH+](CC)CC.NC(Cc1cc(Br)c(OCc2ccccc2Cl)c(Br)c1)C(=O)[O-]. The van der Waals surface area contributed by atoms with E-state index in [0.717, 1.165) is 11.1 Å². The lowest BCUT2D eigenvalue weighted by atomic mass is 10.1. The first kappa shape index (κ1) is 26.9. The van der Waals surface area contributed by atoms with Gasteiger partial charge in [0.25, 0.3) is 0 Å². The molecule has 1 unspecified atom stereocenters. The van der Waals surface area contributed by atoms with Crippen LogP contribution in [0.5, 0.6) is 5.75 Å². The number of halogens is 3. The Morgan fingerprint density at radius 2 is 1.67 bits per heavy atom. The van der Waals surface area contributed by atoms with Crippen LogP contribution < -0.4 is 20.5 Å². The Hall–Kier alpha value is -1.12. The van der Waals surface area contributed by atoms with E-state index in [-0.39, 0.29) is 6.42 Å². The molecule has 30 heavy (non-hydrogen) atoms. The number of ether oxygens (including phenoxy) is 1. The Kier molecular flexibility index (Phi) is 12.6. The standard InChI is InChI=1S/C16H14Br2ClNO3.C6H15N/c17-11-5-9(7-14(20)16(21)22)6-12(18)15(11)23-8-10-3-1-2-4-13(10)19;1-4-7(5-2)6-3/h1-6,14H,7-8,20H2,(H,21,22);4-6H2,1-3H3. The fourth-order valence-electron chi connectivity index (χ4n) is 2.72. The maximum Gasteiger partial charge on any atom is 0.148 e. The van der Waals surface area contributed by atoms with Crippen LogP contribution in [0.25, 0.3) is 0 Å². The van der Waals surface area contributed by atoms with E-state index in [4.69, 9.17) is 22.1 Å². The van der Waals surface area contributed by atoms with Crippen LogP contribution in [-0.2, 0) is 17.8 Å². The van der Waals surface area contributed by atoms with Crippen LogP contribution >= 0.6 is 43.5 Å². The number of carbonyl (C=O) groups is 1. The fourth-order valence-corrected chi connectivity index (χ4v) is 4.42. The minimum absolute atomic E-state index is 0.171. The summed E-state index contributed by atoms with van der Waals surface area (Å²) >= 11 is 13.0. The summed E-state index contributed by atoms with van der Waals surface area (Å²) in [5, 5.41) is 11.4. The molecular weight excluding hydrogens is 536 g/mol. The molecule has 8 heteroatoms. The normalized spacial score (nSPS) is 11.6. The second-order valence-electron chi connectivity index (χ2n) is 6.71. The van der Waals surface area contributed by atoms with Crippen molar-refractivity contribution in [2.24, 2.45) is 5.73 Å². The summed E-state index contributed by atoms with van der Waals surface area (Å²) in [5.41, 5.74) is 7.13. The van der Waals surface area contributed by atoms with Crippen LogP contribution in [0.15, 0.2) is 45.3 Å². The molecule has 5 nitrogen and oxygen atoms in total. The number of quaternary nitrogens is 1. The van der Waals surface area contributed by atoms with Crippen LogP contribution in [0.1, 0.15) is 31.9 Å². The number of nitrogens with two attached hydrogens (primary N) is 1. The highest BCUT2D eigenvalue weighted by Gasteiger charge is 2.13. The number of carbonyl (C=O) groups excluding carboxylic acids is 1. The Morgan fingerprint density at radius 3 is 2.10 bits per heavy atom. The Balaban J connectivity index is 0.000000553. The average molecular weight is 565 g/mol. The van der Waals surface area contributed by atoms with Gasteiger partial charge >= 0.3 is 0 Å². The van der Waals surface area contributed by atoms with E-state index in [9.17, 15) is 9.90 Å². The zero-order valence-electron chi connectivity index (χ0n) is 17.5. The second-order valence-corrected chi connectivity index (χ2v) is 8.82. The molecule has 0 aromatic heterocycles. The maximum absolute atomic E-state index is 10.7. The Morgan fingerprint density at radius 1 is 1.13 bits per heavy atom. The summed E-state index contributed by atoms with van der Waals surface area (Å²) in [6.45, 7) is 10.8. The summed E-state index contributed by atoms with van der Waals surface area (Å²) in [6, 6.07) is 9.92. The largest absolute Gasteiger partial charge is 0.548 e. The van der Waals surface area contributed by atoms with Gasteiger partial charge in [-0.05, 0) is 82.8 Å². The van der Waals surface area contributed by atoms with E-state index in [2.05, 4.69) is 52.6 Å². The highest BCUT2D eigenvalue weighted by atomic mass is 79.9. The monoisotopic (exact) mass is 562 g/mol. The van der Waals surface area contributed by atoms with Crippen molar-refractivity contribution in [3.8, 4) is 5.75 Å². The van der Waals surface area contributed by atoms with Gasteiger partial charge < -0.3 is 25.3 Å². The maximum atomic E-state index is 10.7. The molecule has 0 saturated carbocycles. The van der Waals surface area contributed by atoms with Crippen LogP contribution in [0.2, 0.25) is 5.02 Å². The Bertz CT molecular complexity index is 788. The summed E-state index contributed by atoms with van der Waals surface area (Å²) in [6.07, 6.45) is 0.171. The molecule has 2 rings (SSSR count). The third kappa shape index (κ3) is 8.94. The van der Waals surface area contributed by atoms with Gasteiger partial charge in [0.05, 0.1) is 34.5 Å². The average Bonchev–Trinajstić information content (AvgIpc) is 2.70. The lowest BCUT2D eigenvalue weighted by Gasteiger charge is -2.16. The first-order valence-corrected chi connectivity index (χ1v) is 11.8. The molecule has 0 saturated heterocycles. The van der Waals surface area contributed by atoms with Crippen molar-refractivity contribution in [1.82, 2.24) is 0 Å². The van der Waals surface area contributed by atoms with Gasteiger partial charge in [0.1, 0.15) is 12.4 Å². The number of rotatable bonds is 9.